The number of hydrogen-bond acceptors (Lipinski definition) is 2. The second kappa shape index (κ2) is 8.10. The number of aliphatic hydroxyl groups is 1. The number of nitrogens with one attached hydrogen (secondary N) is 1. The third-order valence-corrected chi connectivity index (χ3v) is 4.17. The molecule has 0 aromatic rings. The highest BCUT2D eigenvalue weighted by atomic mass is 16.3. The average molecular weight is 241 g/mol. The van der Waals surface area contributed by atoms with E-state index < -0.39 is 0 Å². The molecule has 17 heavy (non-hydrogen) atoms. The summed E-state index contributed by atoms with van der Waals surface area (Å²) in [5.41, 5.74) is 0. The molecular weight excluding hydrogens is 210 g/mol. The smallest absolute Gasteiger partial charge is 0.0687 e. The molecule has 1 fully saturated rings. The quantitative estimate of drug-likeness (QED) is 0.699. The maximum absolute atomic E-state index is 9.80. The molecule has 2 nitrogen and oxygen atoms in total. The van der Waals surface area contributed by atoms with Gasteiger partial charge in [-0.05, 0) is 31.1 Å². The van der Waals surface area contributed by atoms with Crippen LogP contribution in [-0.2, 0) is 0 Å². The summed E-state index contributed by atoms with van der Waals surface area (Å²) in [6.07, 6.45) is 9.29. The van der Waals surface area contributed by atoms with Gasteiger partial charge in [0.25, 0.3) is 0 Å². The predicted octanol–water partition coefficient (Wildman–Crippen LogP) is 3.34. The zero-order valence-corrected chi connectivity index (χ0v) is 11.9. The van der Waals surface area contributed by atoms with Crippen LogP contribution < -0.4 is 5.32 Å². The molecule has 2 N–H and O–H groups in total. The Balaban J connectivity index is 2.22. The van der Waals surface area contributed by atoms with Gasteiger partial charge < -0.3 is 10.4 Å². The van der Waals surface area contributed by atoms with E-state index in [-0.39, 0.29) is 6.10 Å². The summed E-state index contributed by atoms with van der Waals surface area (Å²) in [6, 6.07) is 0.644. The molecule has 3 atom stereocenters. The molecule has 1 rings (SSSR count). The lowest BCUT2D eigenvalue weighted by Crippen LogP contribution is -2.37. The Hall–Kier alpha value is -0.0800. The first kappa shape index (κ1) is 15.0. The van der Waals surface area contributed by atoms with Crippen LogP contribution in [0.1, 0.15) is 65.7 Å². The van der Waals surface area contributed by atoms with Crippen molar-refractivity contribution in [3.8, 4) is 0 Å². The normalized spacial score (nSPS) is 28.1. The van der Waals surface area contributed by atoms with Gasteiger partial charge >= 0.3 is 0 Å². The molecule has 0 radical (unpaired) electrons. The van der Waals surface area contributed by atoms with Crippen LogP contribution in [0.15, 0.2) is 0 Å². The standard InChI is InChI=1S/C15H31NO/c1-4-6-13-7-5-8-14(10-9-13)16-11-15(17)12(2)3/h12-17H,4-11H2,1-3H3. The van der Waals surface area contributed by atoms with Crippen molar-refractivity contribution in [1.29, 1.82) is 0 Å². The highest BCUT2D eigenvalue weighted by molar-refractivity contribution is 4.76. The Morgan fingerprint density at radius 2 is 1.94 bits per heavy atom. The minimum atomic E-state index is -0.190. The van der Waals surface area contributed by atoms with Crippen LogP contribution >= 0.6 is 0 Å². The Bertz CT molecular complexity index is 193. The highest BCUT2D eigenvalue weighted by Gasteiger charge is 2.19. The summed E-state index contributed by atoms with van der Waals surface area (Å²) in [7, 11) is 0. The molecule has 0 spiro atoms. The van der Waals surface area contributed by atoms with E-state index in [1.165, 1.54) is 44.9 Å². The van der Waals surface area contributed by atoms with Gasteiger partial charge in [0.15, 0.2) is 0 Å². The second-order valence-electron chi connectivity index (χ2n) is 6.08. The first-order valence-corrected chi connectivity index (χ1v) is 7.55. The predicted molar refractivity (Wildman–Crippen MR) is 74.1 cm³/mol. The summed E-state index contributed by atoms with van der Waals surface area (Å²) in [5.74, 6) is 1.32. The van der Waals surface area contributed by atoms with Crippen LogP contribution in [0.2, 0.25) is 0 Å². The van der Waals surface area contributed by atoms with E-state index in [1.54, 1.807) is 0 Å². The third-order valence-electron chi connectivity index (χ3n) is 4.17. The topological polar surface area (TPSA) is 32.3 Å². The molecule has 0 heterocycles. The van der Waals surface area contributed by atoms with Gasteiger partial charge in [0, 0.05) is 12.6 Å². The van der Waals surface area contributed by atoms with Crippen molar-refractivity contribution in [2.24, 2.45) is 11.8 Å². The van der Waals surface area contributed by atoms with Crippen molar-refractivity contribution in [2.75, 3.05) is 6.54 Å². The van der Waals surface area contributed by atoms with E-state index >= 15 is 0 Å². The van der Waals surface area contributed by atoms with Gasteiger partial charge in [-0.25, -0.2) is 0 Å². The zero-order chi connectivity index (χ0) is 12.7. The van der Waals surface area contributed by atoms with Crippen LogP contribution in [-0.4, -0.2) is 23.8 Å². The van der Waals surface area contributed by atoms with E-state index in [0.717, 1.165) is 12.5 Å². The molecule has 0 aromatic heterocycles. The Labute approximate surface area is 107 Å². The lowest BCUT2D eigenvalue weighted by molar-refractivity contribution is 0.119. The molecule has 0 amide bonds. The van der Waals surface area contributed by atoms with E-state index in [9.17, 15) is 5.11 Å². The molecule has 1 aliphatic carbocycles. The minimum absolute atomic E-state index is 0.190. The van der Waals surface area contributed by atoms with E-state index in [1.807, 2.05) is 0 Å². The fourth-order valence-electron chi connectivity index (χ4n) is 2.80. The first-order chi connectivity index (χ1) is 8.13. The molecule has 3 unspecified atom stereocenters. The second-order valence-corrected chi connectivity index (χ2v) is 6.08. The molecule has 102 valence electrons. The summed E-state index contributed by atoms with van der Waals surface area (Å²) < 4.78 is 0. The molecule has 0 aromatic carbocycles. The largest absolute Gasteiger partial charge is 0.392 e. The summed E-state index contributed by atoms with van der Waals surface area (Å²) in [6.45, 7) is 7.22. The van der Waals surface area contributed by atoms with Gasteiger partial charge in [-0.15, -0.1) is 0 Å². The van der Waals surface area contributed by atoms with Crippen molar-refractivity contribution < 1.29 is 5.11 Å². The van der Waals surface area contributed by atoms with Gasteiger partial charge in [-0.2, -0.15) is 0 Å². The maximum atomic E-state index is 9.80. The van der Waals surface area contributed by atoms with Crippen LogP contribution in [0.3, 0.4) is 0 Å². The van der Waals surface area contributed by atoms with Crippen molar-refractivity contribution >= 4 is 0 Å². The van der Waals surface area contributed by atoms with Gasteiger partial charge in [0.2, 0.25) is 0 Å². The van der Waals surface area contributed by atoms with E-state index in [4.69, 9.17) is 0 Å². The fraction of sp³-hybridized carbons (Fsp3) is 1.00. The summed E-state index contributed by atoms with van der Waals surface area (Å²) in [4.78, 5) is 0. The molecule has 1 saturated carbocycles. The monoisotopic (exact) mass is 241 g/mol. The van der Waals surface area contributed by atoms with Gasteiger partial charge in [-0.3, -0.25) is 0 Å². The first-order valence-electron chi connectivity index (χ1n) is 7.55. The SMILES string of the molecule is CCCC1CCCC(NCC(O)C(C)C)CC1. The number of aliphatic hydroxyl groups excluding tert-OH is 1. The molecule has 1 aliphatic rings. The summed E-state index contributed by atoms with van der Waals surface area (Å²) >= 11 is 0. The van der Waals surface area contributed by atoms with Crippen molar-refractivity contribution in [1.82, 2.24) is 5.32 Å². The molecule has 2 heteroatoms. The third kappa shape index (κ3) is 5.87. The molecule has 0 saturated heterocycles. The van der Waals surface area contributed by atoms with Gasteiger partial charge in [0.1, 0.15) is 0 Å². The van der Waals surface area contributed by atoms with E-state index in [0.29, 0.717) is 12.0 Å². The van der Waals surface area contributed by atoms with Crippen LogP contribution in [0.4, 0.5) is 0 Å². The Morgan fingerprint density at radius 1 is 1.18 bits per heavy atom. The fourth-order valence-corrected chi connectivity index (χ4v) is 2.80. The maximum Gasteiger partial charge on any atom is 0.0687 e. The molecule has 0 bridgehead atoms. The van der Waals surface area contributed by atoms with E-state index in [2.05, 4.69) is 26.1 Å². The molecular formula is C15H31NO. The zero-order valence-electron chi connectivity index (χ0n) is 11.9. The van der Waals surface area contributed by atoms with Gasteiger partial charge in [-0.1, -0.05) is 46.5 Å². The molecule has 0 aliphatic heterocycles. The number of hydrogen-bond donors (Lipinski definition) is 2. The number of rotatable bonds is 6. The summed E-state index contributed by atoms with van der Waals surface area (Å²) in [5, 5.41) is 13.4. The van der Waals surface area contributed by atoms with Crippen LogP contribution in [0, 0.1) is 11.8 Å². The van der Waals surface area contributed by atoms with Crippen molar-refractivity contribution in [3.63, 3.8) is 0 Å². The lowest BCUT2D eigenvalue weighted by Gasteiger charge is -2.21. The highest BCUT2D eigenvalue weighted by Crippen LogP contribution is 2.26. The lowest BCUT2D eigenvalue weighted by atomic mass is 9.95. The van der Waals surface area contributed by atoms with Crippen molar-refractivity contribution in [2.45, 2.75) is 77.9 Å². The van der Waals surface area contributed by atoms with Gasteiger partial charge in [0.05, 0.1) is 6.10 Å². The van der Waals surface area contributed by atoms with Crippen LogP contribution in [0.25, 0.3) is 0 Å². The Kier molecular flexibility index (Phi) is 7.14. The van der Waals surface area contributed by atoms with Crippen molar-refractivity contribution in [3.05, 3.63) is 0 Å². The Morgan fingerprint density at radius 3 is 2.59 bits per heavy atom. The average Bonchev–Trinajstić information content (AvgIpc) is 2.52. The minimum Gasteiger partial charge on any atom is -0.392 e. The van der Waals surface area contributed by atoms with Crippen LogP contribution in [0.5, 0.6) is 0 Å².